The van der Waals surface area contributed by atoms with Gasteiger partial charge in [-0.1, -0.05) is 0 Å². The highest BCUT2D eigenvalue weighted by Gasteiger charge is 2.24. The van der Waals surface area contributed by atoms with E-state index in [9.17, 15) is 0 Å². The van der Waals surface area contributed by atoms with Gasteiger partial charge >= 0.3 is 0 Å². The average Bonchev–Trinajstić information content (AvgIpc) is 2.75. The van der Waals surface area contributed by atoms with Crippen LogP contribution < -0.4 is 15.5 Å². The molecule has 6 nitrogen and oxygen atoms in total. The van der Waals surface area contributed by atoms with Crippen molar-refractivity contribution >= 4 is 23.8 Å². The van der Waals surface area contributed by atoms with E-state index in [0.29, 0.717) is 11.4 Å². The smallest absolute Gasteiger partial charge is 0.146 e. The van der Waals surface area contributed by atoms with Gasteiger partial charge in [-0.15, -0.1) is 0 Å². The van der Waals surface area contributed by atoms with Crippen LogP contribution in [-0.4, -0.2) is 44.8 Å². The van der Waals surface area contributed by atoms with Gasteiger partial charge in [-0.3, -0.25) is 4.99 Å². The average molecular weight is 261 g/mol. The van der Waals surface area contributed by atoms with Crippen molar-refractivity contribution in [1.29, 1.82) is 0 Å². The number of aliphatic imine (C=N–C) groups is 1. The van der Waals surface area contributed by atoms with Crippen molar-refractivity contribution in [2.24, 2.45) is 10.1 Å². The number of hydrazine groups is 1. The fourth-order valence-corrected chi connectivity index (χ4v) is 2.18. The molecule has 0 fully saturated rings. The molecule has 6 heteroatoms. The number of hydrogen-bond donors (Lipinski definition) is 2. The lowest BCUT2D eigenvalue weighted by Crippen LogP contribution is -2.33. The Hall–Kier alpha value is -2.08. The second-order valence-corrected chi connectivity index (χ2v) is 4.34. The quantitative estimate of drug-likeness (QED) is 0.808. The largest absolute Gasteiger partial charge is 0.494 e. The van der Waals surface area contributed by atoms with Gasteiger partial charge in [-0.2, -0.15) is 5.10 Å². The molecule has 0 spiro atoms. The Morgan fingerprint density at radius 1 is 1.53 bits per heavy atom. The first-order chi connectivity index (χ1) is 9.10. The molecule has 0 saturated carbocycles. The lowest BCUT2D eigenvalue weighted by atomic mass is 10.0. The molecule has 2 rings (SSSR count). The van der Waals surface area contributed by atoms with Crippen molar-refractivity contribution in [3.8, 4) is 5.75 Å². The van der Waals surface area contributed by atoms with Crippen LogP contribution in [0, 0.1) is 0 Å². The summed E-state index contributed by atoms with van der Waals surface area (Å²) in [5.41, 5.74) is 6.82. The van der Waals surface area contributed by atoms with Crippen LogP contribution in [0.25, 0.3) is 0 Å². The molecule has 1 aliphatic rings. The predicted molar refractivity (Wildman–Crippen MR) is 78.6 cm³/mol. The number of hydrogen-bond acceptors (Lipinski definition) is 6. The Balaban J connectivity index is 2.56. The van der Waals surface area contributed by atoms with Crippen molar-refractivity contribution < 1.29 is 4.74 Å². The first-order valence-electron chi connectivity index (χ1n) is 6.06. The summed E-state index contributed by atoms with van der Waals surface area (Å²) in [6, 6.07) is 3.99. The molecule has 0 radical (unpaired) electrons. The van der Waals surface area contributed by atoms with Gasteiger partial charge in [0, 0.05) is 31.4 Å². The first-order valence-corrected chi connectivity index (χ1v) is 6.06. The third kappa shape index (κ3) is 2.39. The van der Waals surface area contributed by atoms with E-state index >= 15 is 0 Å². The molecule has 0 aliphatic carbocycles. The molecule has 1 aliphatic heterocycles. The van der Waals surface area contributed by atoms with E-state index in [1.807, 2.05) is 26.2 Å². The molecule has 1 aromatic rings. The fourth-order valence-electron chi connectivity index (χ4n) is 2.18. The SMILES string of the molecule is C=Nc1cc(C2=NN(C)NC2C)c(NC)cc1OC. The maximum atomic E-state index is 5.30. The highest BCUT2D eigenvalue weighted by molar-refractivity contribution is 6.09. The molecule has 2 N–H and O–H groups in total. The summed E-state index contributed by atoms with van der Waals surface area (Å²) >= 11 is 0. The summed E-state index contributed by atoms with van der Waals surface area (Å²) in [4.78, 5) is 4.00. The van der Waals surface area contributed by atoms with E-state index in [1.54, 1.807) is 12.2 Å². The summed E-state index contributed by atoms with van der Waals surface area (Å²) in [7, 11) is 5.36. The third-order valence-corrected chi connectivity index (χ3v) is 3.08. The van der Waals surface area contributed by atoms with Crippen LogP contribution in [0.15, 0.2) is 22.2 Å². The van der Waals surface area contributed by atoms with Crippen molar-refractivity contribution in [2.75, 3.05) is 26.5 Å². The van der Waals surface area contributed by atoms with Crippen molar-refractivity contribution in [2.45, 2.75) is 13.0 Å². The van der Waals surface area contributed by atoms with Gasteiger partial charge in [0.05, 0.1) is 18.9 Å². The molecule has 1 atom stereocenters. The van der Waals surface area contributed by atoms with Crippen LogP contribution >= 0.6 is 0 Å². The predicted octanol–water partition coefficient (Wildman–Crippen LogP) is 1.61. The number of rotatable bonds is 4. The molecule has 1 unspecified atom stereocenters. The molecular formula is C13H19N5O. The molecule has 0 bridgehead atoms. The number of hydrazone groups is 1. The minimum atomic E-state index is 0.142. The van der Waals surface area contributed by atoms with Gasteiger partial charge in [-0.25, -0.2) is 10.5 Å². The maximum absolute atomic E-state index is 5.30. The molecule has 19 heavy (non-hydrogen) atoms. The summed E-state index contributed by atoms with van der Waals surface area (Å²) in [5, 5.41) is 9.35. The molecule has 0 saturated heterocycles. The maximum Gasteiger partial charge on any atom is 0.146 e. The van der Waals surface area contributed by atoms with Crippen LogP contribution in [-0.2, 0) is 0 Å². The lowest BCUT2D eigenvalue weighted by Gasteiger charge is -2.15. The fraction of sp³-hybridized carbons (Fsp3) is 0.385. The van der Waals surface area contributed by atoms with Gasteiger partial charge in [0.15, 0.2) is 0 Å². The van der Waals surface area contributed by atoms with Gasteiger partial charge in [-0.05, 0) is 19.7 Å². The normalized spacial score (nSPS) is 18.2. The van der Waals surface area contributed by atoms with Crippen LogP contribution in [0.4, 0.5) is 11.4 Å². The third-order valence-electron chi connectivity index (χ3n) is 3.08. The summed E-state index contributed by atoms with van der Waals surface area (Å²) in [6.07, 6.45) is 0. The van der Waals surface area contributed by atoms with Gasteiger partial charge < -0.3 is 10.1 Å². The standard InChI is InChI=1S/C13H19N5O/c1-8-13(17-18(4)16-8)9-6-11(15-3)12(19-5)7-10(9)14-2/h6-8,14,16H,3H2,1-2,4-5H3. The van der Waals surface area contributed by atoms with E-state index in [0.717, 1.165) is 17.0 Å². The van der Waals surface area contributed by atoms with Crippen LogP contribution in [0.3, 0.4) is 0 Å². The Kier molecular flexibility index (Phi) is 3.71. The van der Waals surface area contributed by atoms with E-state index in [-0.39, 0.29) is 6.04 Å². The first kappa shape index (κ1) is 13.4. The summed E-state index contributed by atoms with van der Waals surface area (Å²) in [6.45, 7) is 5.64. The highest BCUT2D eigenvalue weighted by atomic mass is 16.5. The molecule has 0 aromatic heterocycles. The Morgan fingerprint density at radius 3 is 2.74 bits per heavy atom. The Labute approximate surface area is 113 Å². The van der Waals surface area contributed by atoms with E-state index < -0.39 is 0 Å². The highest BCUT2D eigenvalue weighted by Crippen LogP contribution is 2.34. The molecule has 1 heterocycles. The molecule has 1 aromatic carbocycles. The molecular weight excluding hydrogens is 242 g/mol. The minimum absolute atomic E-state index is 0.142. The van der Waals surface area contributed by atoms with Gasteiger partial charge in [0.1, 0.15) is 11.4 Å². The van der Waals surface area contributed by atoms with Gasteiger partial charge in [0.2, 0.25) is 0 Å². The number of ether oxygens (including phenoxy) is 1. The number of methoxy groups -OCH3 is 1. The second-order valence-electron chi connectivity index (χ2n) is 4.34. The summed E-state index contributed by atoms with van der Waals surface area (Å²) in [5.74, 6) is 0.690. The van der Waals surface area contributed by atoms with Crippen molar-refractivity contribution in [1.82, 2.24) is 10.5 Å². The Morgan fingerprint density at radius 2 is 2.26 bits per heavy atom. The molecule has 102 valence electrons. The van der Waals surface area contributed by atoms with E-state index in [2.05, 4.69) is 34.5 Å². The Bertz CT molecular complexity index is 526. The van der Waals surface area contributed by atoms with Crippen molar-refractivity contribution in [3.05, 3.63) is 17.7 Å². The lowest BCUT2D eigenvalue weighted by molar-refractivity contribution is 0.267. The van der Waals surface area contributed by atoms with E-state index in [4.69, 9.17) is 4.74 Å². The van der Waals surface area contributed by atoms with Crippen molar-refractivity contribution in [3.63, 3.8) is 0 Å². The zero-order valence-electron chi connectivity index (χ0n) is 11.7. The second kappa shape index (κ2) is 5.27. The number of nitrogens with zero attached hydrogens (tertiary/aromatic N) is 3. The topological polar surface area (TPSA) is 61.2 Å². The molecule has 0 amide bonds. The zero-order valence-corrected chi connectivity index (χ0v) is 11.7. The number of anilines is 1. The summed E-state index contributed by atoms with van der Waals surface area (Å²) < 4.78 is 5.30. The number of nitrogens with one attached hydrogen (secondary N) is 2. The van der Waals surface area contributed by atoms with Crippen LogP contribution in [0.1, 0.15) is 12.5 Å². The minimum Gasteiger partial charge on any atom is -0.494 e. The monoisotopic (exact) mass is 261 g/mol. The van der Waals surface area contributed by atoms with Crippen LogP contribution in [0.2, 0.25) is 0 Å². The van der Waals surface area contributed by atoms with E-state index in [1.165, 1.54) is 0 Å². The zero-order chi connectivity index (χ0) is 14.0. The van der Waals surface area contributed by atoms with Crippen LogP contribution in [0.5, 0.6) is 5.75 Å². The number of benzene rings is 1. The van der Waals surface area contributed by atoms with Gasteiger partial charge in [0.25, 0.3) is 0 Å².